The molecular weight excluding hydrogens is 270 g/mol. The summed E-state index contributed by atoms with van der Waals surface area (Å²) >= 11 is 1.65. The predicted molar refractivity (Wildman–Crippen MR) is 81.7 cm³/mol. The summed E-state index contributed by atoms with van der Waals surface area (Å²) in [4.78, 5) is 11.8. The van der Waals surface area contributed by atoms with E-state index in [2.05, 4.69) is 13.0 Å². The molecule has 0 aliphatic heterocycles. The van der Waals surface area contributed by atoms with Gasteiger partial charge in [-0.25, -0.2) is 4.79 Å². The topological polar surface area (TPSA) is 30.2 Å². The van der Waals surface area contributed by atoms with Gasteiger partial charge in [0.1, 0.15) is 4.70 Å². The van der Waals surface area contributed by atoms with Gasteiger partial charge in [0.15, 0.2) is 0 Å². The summed E-state index contributed by atoms with van der Waals surface area (Å²) in [5.41, 5.74) is 3.07. The van der Waals surface area contributed by atoms with E-state index in [0.29, 0.717) is 13.2 Å². The molecular formula is C16H22NO2S+. The molecule has 0 fully saturated rings. The van der Waals surface area contributed by atoms with Gasteiger partial charge in [0, 0.05) is 6.07 Å². The van der Waals surface area contributed by atoms with Crippen molar-refractivity contribution >= 4 is 27.5 Å². The summed E-state index contributed by atoms with van der Waals surface area (Å²) in [6, 6.07) is 8.10. The van der Waals surface area contributed by atoms with Gasteiger partial charge < -0.3 is 4.74 Å². The molecule has 2 rings (SSSR count). The lowest BCUT2D eigenvalue weighted by Crippen LogP contribution is -2.37. The molecule has 0 saturated heterocycles. The van der Waals surface area contributed by atoms with Crippen LogP contribution in [0.15, 0.2) is 29.8 Å². The molecule has 3 nitrogen and oxygen atoms in total. The average molecular weight is 292 g/mol. The van der Waals surface area contributed by atoms with E-state index in [0.717, 1.165) is 18.4 Å². The van der Waals surface area contributed by atoms with Gasteiger partial charge >= 0.3 is 5.97 Å². The first-order chi connectivity index (χ1) is 9.81. The first-order valence-corrected chi connectivity index (χ1v) is 8.20. The highest BCUT2D eigenvalue weighted by molar-refractivity contribution is 7.16. The molecule has 1 heterocycles. The normalized spacial score (nSPS) is 10.8. The maximum Gasteiger partial charge on any atom is 0.372 e. The van der Waals surface area contributed by atoms with Gasteiger partial charge in [0.25, 0.3) is 0 Å². The number of para-hydroxylation sites is 1. The lowest BCUT2D eigenvalue weighted by molar-refractivity contribution is -0.655. The van der Waals surface area contributed by atoms with Crippen molar-refractivity contribution in [2.45, 2.75) is 45.6 Å². The summed E-state index contributed by atoms with van der Waals surface area (Å²) in [6.07, 6.45) is 5.86. The number of thiazole rings is 1. The zero-order chi connectivity index (χ0) is 14.2. The molecule has 0 N–H and O–H groups in total. The number of esters is 1. The minimum absolute atomic E-state index is 0.144. The molecule has 0 aliphatic carbocycles. The van der Waals surface area contributed by atoms with E-state index in [1.165, 1.54) is 24.0 Å². The molecule has 1 aromatic heterocycles. The fourth-order valence-electron chi connectivity index (χ4n) is 2.17. The van der Waals surface area contributed by atoms with E-state index in [9.17, 15) is 4.79 Å². The van der Waals surface area contributed by atoms with Crippen LogP contribution in [0.3, 0.4) is 0 Å². The van der Waals surface area contributed by atoms with Crippen LogP contribution in [-0.2, 0) is 16.1 Å². The van der Waals surface area contributed by atoms with Gasteiger partial charge in [0.05, 0.1) is 6.61 Å². The van der Waals surface area contributed by atoms with Crippen LogP contribution < -0.4 is 4.57 Å². The summed E-state index contributed by atoms with van der Waals surface area (Å²) in [7, 11) is 0. The molecule has 0 amide bonds. The Labute approximate surface area is 124 Å². The number of fused-ring (bicyclic) bond motifs is 1. The summed E-state index contributed by atoms with van der Waals surface area (Å²) in [6.45, 7) is 3.05. The van der Waals surface area contributed by atoms with E-state index in [-0.39, 0.29) is 5.97 Å². The SMILES string of the molecule is CCCCCCCOC(=O)C[n+]1csc2ccccc21. The number of unbranched alkanes of at least 4 members (excludes halogenated alkanes) is 4. The Bertz CT molecular complexity index is 550. The fourth-order valence-corrected chi connectivity index (χ4v) is 3.06. The summed E-state index contributed by atoms with van der Waals surface area (Å²) in [5.74, 6) is -0.144. The second kappa shape index (κ2) is 8.00. The van der Waals surface area contributed by atoms with E-state index < -0.39 is 0 Å². The largest absolute Gasteiger partial charge is 0.461 e. The Morgan fingerprint density at radius 1 is 1.20 bits per heavy atom. The molecule has 4 heteroatoms. The smallest absolute Gasteiger partial charge is 0.372 e. The molecule has 0 aliphatic rings. The van der Waals surface area contributed by atoms with Crippen LogP contribution >= 0.6 is 11.3 Å². The highest BCUT2D eigenvalue weighted by Crippen LogP contribution is 2.14. The van der Waals surface area contributed by atoms with E-state index >= 15 is 0 Å². The number of ether oxygens (including phenoxy) is 1. The van der Waals surface area contributed by atoms with Gasteiger partial charge in [0.2, 0.25) is 17.6 Å². The van der Waals surface area contributed by atoms with Crippen molar-refractivity contribution in [2.24, 2.45) is 0 Å². The maximum absolute atomic E-state index is 11.8. The zero-order valence-electron chi connectivity index (χ0n) is 12.0. The predicted octanol–water partition coefficient (Wildman–Crippen LogP) is 3.70. The Morgan fingerprint density at radius 2 is 2.00 bits per heavy atom. The van der Waals surface area contributed by atoms with Crippen molar-refractivity contribution in [3.8, 4) is 0 Å². The first-order valence-electron chi connectivity index (χ1n) is 7.32. The minimum atomic E-state index is -0.144. The summed E-state index contributed by atoms with van der Waals surface area (Å²) < 4.78 is 8.44. The number of carbonyl (C=O) groups excluding carboxylic acids is 1. The molecule has 108 valence electrons. The van der Waals surface area contributed by atoms with Crippen molar-refractivity contribution in [1.82, 2.24) is 0 Å². The van der Waals surface area contributed by atoms with Crippen molar-refractivity contribution in [3.05, 3.63) is 29.8 Å². The highest BCUT2D eigenvalue weighted by Gasteiger charge is 2.16. The van der Waals surface area contributed by atoms with Crippen LogP contribution in [0, 0.1) is 0 Å². The van der Waals surface area contributed by atoms with Crippen molar-refractivity contribution in [1.29, 1.82) is 0 Å². The fraction of sp³-hybridized carbons (Fsp3) is 0.500. The molecule has 0 atom stereocenters. The Morgan fingerprint density at radius 3 is 2.85 bits per heavy atom. The second-order valence-electron chi connectivity index (χ2n) is 4.95. The molecule has 0 radical (unpaired) electrons. The van der Waals surface area contributed by atoms with Crippen LogP contribution in [0.5, 0.6) is 0 Å². The molecule has 1 aromatic carbocycles. The number of aromatic nitrogens is 1. The third-order valence-electron chi connectivity index (χ3n) is 3.29. The number of hydrogen-bond acceptors (Lipinski definition) is 3. The third kappa shape index (κ3) is 4.30. The van der Waals surface area contributed by atoms with Crippen LogP contribution in [0.2, 0.25) is 0 Å². The summed E-state index contributed by atoms with van der Waals surface area (Å²) in [5, 5.41) is 0. The molecule has 0 unspecified atom stereocenters. The Hall–Kier alpha value is -1.42. The average Bonchev–Trinajstić information content (AvgIpc) is 2.86. The van der Waals surface area contributed by atoms with Gasteiger partial charge in [-0.3, -0.25) is 0 Å². The van der Waals surface area contributed by atoms with E-state index in [4.69, 9.17) is 4.74 Å². The second-order valence-corrected chi connectivity index (χ2v) is 5.84. The molecule has 0 spiro atoms. The monoisotopic (exact) mass is 292 g/mol. The standard InChI is InChI=1S/C16H22NO2S/c1-2-3-4-5-8-11-19-16(18)12-17-13-20-15-10-7-6-9-14(15)17/h6-7,9-10,13H,2-5,8,11-12H2,1H3/q+1. The molecule has 20 heavy (non-hydrogen) atoms. The van der Waals surface area contributed by atoms with Crippen LogP contribution in [0.25, 0.3) is 10.2 Å². The number of nitrogens with zero attached hydrogens (tertiary/aromatic N) is 1. The lowest BCUT2D eigenvalue weighted by atomic mass is 10.2. The lowest BCUT2D eigenvalue weighted by Gasteiger charge is -2.02. The Kier molecular flexibility index (Phi) is 5.99. The minimum Gasteiger partial charge on any atom is -0.461 e. The van der Waals surface area contributed by atoms with Crippen LogP contribution in [-0.4, -0.2) is 12.6 Å². The first kappa shape index (κ1) is 15.0. The van der Waals surface area contributed by atoms with Crippen molar-refractivity contribution in [3.63, 3.8) is 0 Å². The van der Waals surface area contributed by atoms with E-state index in [1.54, 1.807) is 11.3 Å². The highest BCUT2D eigenvalue weighted by atomic mass is 32.1. The van der Waals surface area contributed by atoms with Gasteiger partial charge in [-0.05, 0) is 12.5 Å². The van der Waals surface area contributed by atoms with Gasteiger partial charge in [-0.15, -0.1) is 0 Å². The van der Waals surface area contributed by atoms with Crippen LogP contribution in [0.4, 0.5) is 0 Å². The molecule has 2 aromatic rings. The molecule has 0 bridgehead atoms. The van der Waals surface area contributed by atoms with Crippen molar-refractivity contribution < 1.29 is 14.1 Å². The number of carbonyl (C=O) groups is 1. The number of benzene rings is 1. The number of rotatable bonds is 8. The van der Waals surface area contributed by atoms with Gasteiger partial charge in [-0.1, -0.05) is 56.1 Å². The Balaban J connectivity index is 1.74. The number of hydrogen-bond donors (Lipinski definition) is 0. The van der Waals surface area contributed by atoms with Crippen molar-refractivity contribution in [2.75, 3.05) is 6.61 Å². The third-order valence-corrected chi connectivity index (χ3v) is 4.25. The maximum atomic E-state index is 11.8. The molecule has 0 saturated carbocycles. The quantitative estimate of drug-likeness (QED) is 0.422. The van der Waals surface area contributed by atoms with Gasteiger partial charge in [-0.2, -0.15) is 4.57 Å². The van der Waals surface area contributed by atoms with E-state index in [1.807, 2.05) is 28.3 Å². The zero-order valence-corrected chi connectivity index (χ0v) is 12.8. The van der Waals surface area contributed by atoms with Crippen LogP contribution in [0.1, 0.15) is 39.0 Å².